The van der Waals surface area contributed by atoms with Crippen molar-refractivity contribution in [3.05, 3.63) is 12.2 Å². The molecule has 0 bridgehead atoms. The van der Waals surface area contributed by atoms with Crippen molar-refractivity contribution in [2.24, 2.45) is 4.99 Å². The summed E-state index contributed by atoms with van der Waals surface area (Å²) in [5.74, 6) is -0.466. The number of ether oxygens (including phenoxy) is 1. The summed E-state index contributed by atoms with van der Waals surface area (Å²) in [7, 11) is 0. The van der Waals surface area contributed by atoms with Crippen LogP contribution in [0, 0.1) is 0 Å². The monoisotopic (exact) mass is 171 g/mol. The molecule has 4 heteroatoms. The average molecular weight is 171 g/mol. The van der Waals surface area contributed by atoms with E-state index in [1.54, 1.807) is 13.8 Å². The van der Waals surface area contributed by atoms with Crippen molar-refractivity contribution in [2.75, 3.05) is 0 Å². The number of thiocarbonyl (C=S) groups is 1. The molecular weight excluding hydrogens is 162 g/mol. The van der Waals surface area contributed by atoms with E-state index in [1.807, 2.05) is 0 Å². The van der Waals surface area contributed by atoms with Crippen LogP contribution in [0.2, 0.25) is 0 Å². The lowest BCUT2D eigenvalue weighted by Gasteiger charge is -2.05. The van der Waals surface area contributed by atoms with Gasteiger partial charge in [-0.1, -0.05) is 6.58 Å². The lowest BCUT2D eigenvalue weighted by atomic mass is 10.4. The van der Waals surface area contributed by atoms with E-state index in [0.29, 0.717) is 5.57 Å². The van der Waals surface area contributed by atoms with Crippen LogP contribution in [0.15, 0.2) is 17.1 Å². The predicted molar refractivity (Wildman–Crippen MR) is 45.4 cm³/mol. The third-order valence-electron chi connectivity index (χ3n) is 0.861. The molecule has 1 unspecified atom stereocenters. The number of esters is 1. The molecule has 0 spiro atoms. The molecule has 0 fully saturated rings. The minimum Gasteiger partial charge on any atom is -0.436 e. The van der Waals surface area contributed by atoms with Crippen molar-refractivity contribution in [1.82, 2.24) is 0 Å². The average Bonchev–Trinajstić information content (AvgIpc) is 1.87. The Morgan fingerprint density at radius 2 is 2.36 bits per heavy atom. The van der Waals surface area contributed by atoms with Gasteiger partial charge in [0.2, 0.25) is 0 Å². The van der Waals surface area contributed by atoms with Crippen molar-refractivity contribution in [3.8, 4) is 0 Å². The predicted octanol–water partition coefficient (Wildman–Crippen LogP) is 1.55. The molecular formula is C7H9NO2S. The summed E-state index contributed by atoms with van der Waals surface area (Å²) >= 11 is 4.32. The van der Waals surface area contributed by atoms with Gasteiger partial charge in [-0.15, -0.1) is 0 Å². The van der Waals surface area contributed by atoms with Gasteiger partial charge in [0.25, 0.3) is 0 Å². The highest BCUT2D eigenvalue weighted by Gasteiger charge is 2.06. The summed E-state index contributed by atoms with van der Waals surface area (Å²) in [5.41, 5.74) is 0.344. The number of carbonyl (C=O) groups is 1. The van der Waals surface area contributed by atoms with Crippen LogP contribution < -0.4 is 0 Å². The number of nitrogens with zero attached hydrogens (tertiary/aromatic N) is 1. The lowest BCUT2D eigenvalue weighted by molar-refractivity contribution is -0.142. The first-order valence-electron chi connectivity index (χ1n) is 3.01. The van der Waals surface area contributed by atoms with E-state index < -0.39 is 12.2 Å². The van der Waals surface area contributed by atoms with Gasteiger partial charge in [-0.2, -0.15) is 4.99 Å². The summed E-state index contributed by atoms with van der Waals surface area (Å²) in [6.07, 6.45) is -0.573. The molecule has 0 N–H and O–H groups in total. The largest absolute Gasteiger partial charge is 0.436 e. The normalized spacial score (nSPS) is 11.1. The second-order valence-electron chi connectivity index (χ2n) is 2.01. The molecule has 0 aliphatic heterocycles. The molecule has 0 radical (unpaired) electrons. The zero-order valence-corrected chi connectivity index (χ0v) is 7.27. The topological polar surface area (TPSA) is 38.7 Å². The van der Waals surface area contributed by atoms with Gasteiger partial charge < -0.3 is 4.74 Å². The van der Waals surface area contributed by atoms with Crippen LogP contribution in [0.25, 0.3) is 0 Å². The van der Waals surface area contributed by atoms with E-state index in [0.717, 1.165) is 0 Å². The third kappa shape index (κ3) is 4.42. The minimum atomic E-state index is -0.573. The molecule has 0 heterocycles. The zero-order valence-electron chi connectivity index (χ0n) is 6.46. The first kappa shape index (κ1) is 10.0. The molecule has 0 saturated carbocycles. The standard InChI is InChI=1S/C7H9NO2S/c1-5(2)7(9)10-6(3)8-4-11/h6H,1H2,2-3H3. The maximum Gasteiger partial charge on any atom is 0.335 e. The maximum absolute atomic E-state index is 10.8. The van der Waals surface area contributed by atoms with Gasteiger partial charge in [0.15, 0.2) is 6.23 Å². The molecule has 3 nitrogen and oxygen atoms in total. The summed E-state index contributed by atoms with van der Waals surface area (Å²) in [6.45, 7) is 6.57. The van der Waals surface area contributed by atoms with Gasteiger partial charge in [0, 0.05) is 5.57 Å². The maximum atomic E-state index is 10.8. The summed E-state index contributed by atoms with van der Waals surface area (Å²) in [4.78, 5) is 14.3. The number of aliphatic imine (C=N–C) groups is 1. The Balaban J connectivity index is 3.94. The Morgan fingerprint density at radius 1 is 1.82 bits per heavy atom. The van der Waals surface area contributed by atoms with E-state index in [1.165, 1.54) is 0 Å². The molecule has 0 saturated heterocycles. The van der Waals surface area contributed by atoms with E-state index in [9.17, 15) is 4.79 Å². The second kappa shape index (κ2) is 4.77. The van der Waals surface area contributed by atoms with Crippen LogP contribution in [-0.4, -0.2) is 17.4 Å². The third-order valence-corrected chi connectivity index (χ3v) is 0.966. The number of hydrogen-bond donors (Lipinski definition) is 0. The SMILES string of the molecule is C=C(C)C(=O)OC(C)N=C=S. The molecule has 60 valence electrons. The quantitative estimate of drug-likeness (QED) is 0.280. The Bertz CT molecular complexity index is 218. The summed E-state index contributed by atoms with van der Waals surface area (Å²) in [5, 5.41) is 2.11. The summed E-state index contributed by atoms with van der Waals surface area (Å²) in [6, 6.07) is 0. The summed E-state index contributed by atoms with van der Waals surface area (Å²) < 4.78 is 4.72. The van der Waals surface area contributed by atoms with Gasteiger partial charge >= 0.3 is 5.97 Å². The minimum absolute atomic E-state index is 0.344. The van der Waals surface area contributed by atoms with Gasteiger partial charge in [-0.05, 0) is 26.1 Å². The first-order chi connectivity index (χ1) is 5.07. The Kier molecular flexibility index (Phi) is 4.34. The van der Waals surface area contributed by atoms with Crippen molar-refractivity contribution < 1.29 is 9.53 Å². The number of carbonyl (C=O) groups excluding carboxylic acids is 1. The molecule has 1 atom stereocenters. The molecule has 0 aliphatic rings. The van der Waals surface area contributed by atoms with Crippen molar-refractivity contribution in [2.45, 2.75) is 20.1 Å². The lowest BCUT2D eigenvalue weighted by Crippen LogP contribution is -2.12. The van der Waals surface area contributed by atoms with Crippen LogP contribution in [0.4, 0.5) is 0 Å². The molecule has 0 aromatic heterocycles. The van der Waals surface area contributed by atoms with E-state index >= 15 is 0 Å². The Morgan fingerprint density at radius 3 is 2.73 bits per heavy atom. The first-order valence-corrected chi connectivity index (χ1v) is 3.42. The molecule has 0 amide bonds. The number of hydrogen-bond acceptors (Lipinski definition) is 4. The smallest absolute Gasteiger partial charge is 0.335 e. The van der Waals surface area contributed by atoms with Crippen LogP contribution >= 0.6 is 12.2 Å². The van der Waals surface area contributed by atoms with Crippen molar-refractivity contribution in [3.63, 3.8) is 0 Å². The van der Waals surface area contributed by atoms with E-state index in [2.05, 4.69) is 29.0 Å². The van der Waals surface area contributed by atoms with Gasteiger partial charge in [-0.3, -0.25) is 0 Å². The van der Waals surface area contributed by atoms with E-state index in [-0.39, 0.29) is 0 Å². The van der Waals surface area contributed by atoms with Crippen LogP contribution in [0.5, 0.6) is 0 Å². The zero-order chi connectivity index (χ0) is 8.85. The van der Waals surface area contributed by atoms with Gasteiger partial charge in [-0.25, -0.2) is 4.79 Å². The van der Waals surface area contributed by atoms with Crippen molar-refractivity contribution >= 4 is 23.3 Å². The highest BCUT2D eigenvalue weighted by molar-refractivity contribution is 7.78. The van der Waals surface area contributed by atoms with Gasteiger partial charge in [0.05, 0.1) is 5.16 Å². The fraction of sp³-hybridized carbons (Fsp3) is 0.429. The molecule has 0 aliphatic carbocycles. The van der Waals surface area contributed by atoms with Crippen LogP contribution in [0.1, 0.15) is 13.8 Å². The highest BCUT2D eigenvalue weighted by Crippen LogP contribution is 1.97. The number of isothiocyanates is 1. The van der Waals surface area contributed by atoms with Crippen LogP contribution in [0.3, 0.4) is 0 Å². The molecule has 0 rings (SSSR count). The molecule has 0 aromatic carbocycles. The Hall–Kier alpha value is -0.990. The number of rotatable bonds is 3. The van der Waals surface area contributed by atoms with Gasteiger partial charge in [0.1, 0.15) is 0 Å². The molecule has 0 aromatic rings. The second-order valence-corrected chi connectivity index (χ2v) is 2.19. The Labute approximate surface area is 70.8 Å². The molecule has 11 heavy (non-hydrogen) atoms. The van der Waals surface area contributed by atoms with Crippen LogP contribution in [-0.2, 0) is 9.53 Å². The fourth-order valence-corrected chi connectivity index (χ4v) is 0.505. The fourth-order valence-electron chi connectivity index (χ4n) is 0.356. The van der Waals surface area contributed by atoms with E-state index in [4.69, 9.17) is 4.74 Å². The highest BCUT2D eigenvalue weighted by atomic mass is 32.1. The van der Waals surface area contributed by atoms with Crippen molar-refractivity contribution in [1.29, 1.82) is 0 Å².